The van der Waals surface area contributed by atoms with Crippen molar-refractivity contribution in [2.75, 3.05) is 14.2 Å². The lowest BCUT2D eigenvalue weighted by atomic mass is 10.0. The van der Waals surface area contributed by atoms with E-state index >= 15 is 0 Å². The van der Waals surface area contributed by atoms with E-state index in [1.54, 1.807) is 32.5 Å². The molecular formula is C17H14FNO2. The summed E-state index contributed by atoms with van der Waals surface area (Å²) < 4.78 is 23.7. The Labute approximate surface area is 122 Å². The third kappa shape index (κ3) is 2.40. The van der Waals surface area contributed by atoms with Gasteiger partial charge in [-0.2, -0.15) is 0 Å². The van der Waals surface area contributed by atoms with Crippen molar-refractivity contribution in [2.24, 2.45) is 0 Å². The first-order valence-electron chi connectivity index (χ1n) is 6.49. The highest BCUT2D eigenvalue weighted by Crippen LogP contribution is 2.35. The van der Waals surface area contributed by atoms with Crippen molar-refractivity contribution >= 4 is 10.8 Å². The molecule has 0 N–H and O–H groups in total. The van der Waals surface area contributed by atoms with Crippen LogP contribution in [0.2, 0.25) is 0 Å². The number of methoxy groups -OCH3 is 2. The van der Waals surface area contributed by atoms with Crippen LogP contribution in [0, 0.1) is 5.82 Å². The van der Waals surface area contributed by atoms with Gasteiger partial charge in [0.15, 0.2) is 11.5 Å². The van der Waals surface area contributed by atoms with Gasteiger partial charge in [-0.05, 0) is 47.9 Å². The first kappa shape index (κ1) is 13.4. The number of nitrogens with zero attached hydrogens (tertiary/aromatic N) is 1. The van der Waals surface area contributed by atoms with Crippen molar-refractivity contribution in [1.82, 2.24) is 4.98 Å². The van der Waals surface area contributed by atoms with Crippen molar-refractivity contribution in [3.05, 3.63) is 54.5 Å². The summed E-state index contributed by atoms with van der Waals surface area (Å²) in [6, 6.07) is 12.0. The summed E-state index contributed by atoms with van der Waals surface area (Å²) in [4.78, 5) is 4.42. The first-order chi connectivity index (χ1) is 10.2. The van der Waals surface area contributed by atoms with Crippen molar-refractivity contribution in [1.29, 1.82) is 0 Å². The fourth-order valence-electron chi connectivity index (χ4n) is 2.34. The van der Waals surface area contributed by atoms with E-state index in [0.717, 1.165) is 22.0 Å². The van der Waals surface area contributed by atoms with Gasteiger partial charge in [-0.1, -0.05) is 0 Å². The Balaban J connectivity index is 2.26. The quantitative estimate of drug-likeness (QED) is 0.726. The summed E-state index contributed by atoms with van der Waals surface area (Å²) in [5, 5.41) is 1.92. The van der Waals surface area contributed by atoms with Crippen LogP contribution in [0.4, 0.5) is 4.39 Å². The Morgan fingerprint density at radius 3 is 2.24 bits per heavy atom. The Morgan fingerprint density at radius 2 is 1.57 bits per heavy atom. The van der Waals surface area contributed by atoms with E-state index in [1.165, 1.54) is 12.1 Å². The maximum absolute atomic E-state index is 13.1. The van der Waals surface area contributed by atoms with Crippen LogP contribution in [0.3, 0.4) is 0 Å². The molecule has 3 rings (SSSR count). The molecule has 0 radical (unpaired) electrons. The van der Waals surface area contributed by atoms with E-state index in [0.29, 0.717) is 11.5 Å². The third-order valence-electron chi connectivity index (χ3n) is 3.39. The summed E-state index contributed by atoms with van der Waals surface area (Å²) in [6.45, 7) is 0. The van der Waals surface area contributed by atoms with E-state index in [2.05, 4.69) is 4.98 Å². The molecular weight excluding hydrogens is 269 g/mol. The number of fused-ring (bicyclic) bond motifs is 1. The molecule has 0 atom stereocenters. The Bertz CT molecular complexity index is 785. The second-order valence-electron chi connectivity index (χ2n) is 4.59. The average Bonchev–Trinajstić information content (AvgIpc) is 2.53. The zero-order valence-corrected chi connectivity index (χ0v) is 11.8. The smallest absolute Gasteiger partial charge is 0.161 e. The van der Waals surface area contributed by atoms with E-state index in [-0.39, 0.29) is 5.82 Å². The summed E-state index contributed by atoms with van der Waals surface area (Å²) >= 11 is 0. The fraction of sp³-hybridized carbons (Fsp3) is 0.118. The number of aromatic nitrogens is 1. The zero-order valence-electron chi connectivity index (χ0n) is 11.8. The average molecular weight is 283 g/mol. The van der Waals surface area contributed by atoms with Gasteiger partial charge >= 0.3 is 0 Å². The van der Waals surface area contributed by atoms with E-state index in [1.807, 2.05) is 18.2 Å². The number of hydrogen-bond donors (Lipinski definition) is 0. The molecule has 4 heteroatoms. The zero-order chi connectivity index (χ0) is 14.8. The van der Waals surface area contributed by atoms with Crippen LogP contribution in [-0.2, 0) is 0 Å². The van der Waals surface area contributed by atoms with E-state index < -0.39 is 0 Å². The number of ether oxygens (including phenoxy) is 2. The molecule has 3 aromatic rings. The van der Waals surface area contributed by atoms with Gasteiger partial charge in [-0.3, -0.25) is 4.98 Å². The number of benzene rings is 2. The summed E-state index contributed by atoms with van der Waals surface area (Å²) in [5.41, 5.74) is 1.64. The third-order valence-corrected chi connectivity index (χ3v) is 3.39. The molecule has 21 heavy (non-hydrogen) atoms. The minimum absolute atomic E-state index is 0.266. The standard InChI is InChI=1S/C17H14FNO2/c1-20-15-9-12-7-8-19-17(14(12)10-16(15)21-2)11-3-5-13(18)6-4-11/h3-10H,1-2H3. The molecule has 0 bridgehead atoms. The molecule has 3 nitrogen and oxygen atoms in total. The molecule has 106 valence electrons. The van der Waals surface area contributed by atoms with Crippen molar-refractivity contribution in [2.45, 2.75) is 0 Å². The SMILES string of the molecule is COc1cc2ccnc(-c3ccc(F)cc3)c2cc1OC. The lowest BCUT2D eigenvalue weighted by Gasteiger charge is -2.11. The number of pyridine rings is 1. The number of halogens is 1. The van der Waals surface area contributed by atoms with Gasteiger partial charge in [0.1, 0.15) is 5.82 Å². The predicted octanol–water partition coefficient (Wildman–Crippen LogP) is 4.06. The van der Waals surface area contributed by atoms with E-state index in [9.17, 15) is 4.39 Å². The number of hydrogen-bond acceptors (Lipinski definition) is 3. The normalized spacial score (nSPS) is 10.6. The Kier molecular flexibility index (Phi) is 3.44. The highest BCUT2D eigenvalue weighted by Gasteiger charge is 2.11. The summed E-state index contributed by atoms with van der Waals surface area (Å²) in [5.74, 6) is 1.04. The van der Waals surface area contributed by atoms with Crippen molar-refractivity contribution in [3.8, 4) is 22.8 Å². The topological polar surface area (TPSA) is 31.4 Å². The lowest BCUT2D eigenvalue weighted by molar-refractivity contribution is 0.356. The van der Waals surface area contributed by atoms with Crippen LogP contribution < -0.4 is 9.47 Å². The molecule has 0 aliphatic carbocycles. The molecule has 0 fully saturated rings. The van der Waals surface area contributed by atoms with Crippen molar-refractivity contribution < 1.29 is 13.9 Å². The molecule has 0 amide bonds. The maximum atomic E-state index is 13.1. The maximum Gasteiger partial charge on any atom is 0.161 e. The van der Waals surface area contributed by atoms with Gasteiger partial charge in [0, 0.05) is 17.1 Å². The molecule has 1 heterocycles. The van der Waals surface area contributed by atoms with Gasteiger partial charge < -0.3 is 9.47 Å². The van der Waals surface area contributed by atoms with Crippen LogP contribution in [0.15, 0.2) is 48.7 Å². The molecule has 0 spiro atoms. The Morgan fingerprint density at radius 1 is 0.905 bits per heavy atom. The molecule has 0 saturated heterocycles. The second kappa shape index (κ2) is 5.40. The highest BCUT2D eigenvalue weighted by molar-refractivity contribution is 5.96. The van der Waals surface area contributed by atoms with Gasteiger partial charge in [-0.25, -0.2) is 4.39 Å². The highest BCUT2D eigenvalue weighted by atomic mass is 19.1. The van der Waals surface area contributed by atoms with Crippen LogP contribution in [0.25, 0.3) is 22.0 Å². The largest absolute Gasteiger partial charge is 0.493 e. The van der Waals surface area contributed by atoms with Crippen LogP contribution in [0.1, 0.15) is 0 Å². The van der Waals surface area contributed by atoms with Crippen LogP contribution in [-0.4, -0.2) is 19.2 Å². The fourth-order valence-corrected chi connectivity index (χ4v) is 2.34. The van der Waals surface area contributed by atoms with Gasteiger partial charge in [-0.15, -0.1) is 0 Å². The van der Waals surface area contributed by atoms with E-state index in [4.69, 9.17) is 9.47 Å². The molecule has 0 unspecified atom stereocenters. The lowest BCUT2D eigenvalue weighted by Crippen LogP contribution is -1.92. The molecule has 0 saturated carbocycles. The molecule has 0 aliphatic rings. The van der Waals surface area contributed by atoms with Crippen LogP contribution >= 0.6 is 0 Å². The van der Waals surface area contributed by atoms with Gasteiger partial charge in [0.05, 0.1) is 19.9 Å². The van der Waals surface area contributed by atoms with Crippen LogP contribution in [0.5, 0.6) is 11.5 Å². The monoisotopic (exact) mass is 283 g/mol. The molecule has 1 aromatic heterocycles. The first-order valence-corrected chi connectivity index (χ1v) is 6.49. The Hall–Kier alpha value is -2.62. The minimum Gasteiger partial charge on any atom is -0.493 e. The second-order valence-corrected chi connectivity index (χ2v) is 4.59. The van der Waals surface area contributed by atoms with Crippen molar-refractivity contribution in [3.63, 3.8) is 0 Å². The summed E-state index contributed by atoms with van der Waals surface area (Å²) in [6.07, 6.45) is 1.73. The number of rotatable bonds is 3. The van der Waals surface area contributed by atoms with Gasteiger partial charge in [0.25, 0.3) is 0 Å². The predicted molar refractivity (Wildman–Crippen MR) is 80.2 cm³/mol. The molecule has 2 aromatic carbocycles. The van der Waals surface area contributed by atoms with Gasteiger partial charge in [0.2, 0.25) is 0 Å². The molecule has 0 aliphatic heterocycles. The summed E-state index contributed by atoms with van der Waals surface area (Å²) in [7, 11) is 3.20. The minimum atomic E-state index is -0.266.